The van der Waals surface area contributed by atoms with Crippen LogP contribution < -0.4 is 0 Å². The summed E-state index contributed by atoms with van der Waals surface area (Å²) in [6, 6.07) is 74.3. The minimum Gasteiger partial charge on any atom is -0.309 e. The van der Waals surface area contributed by atoms with Gasteiger partial charge in [0.1, 0.15) is 0 Å². The molecule has 3 aromatic heterocycles. The second-order valence-corrected chi connectivity index (χ2v) is 17.3. The van der Waals surface area contributed by atoms with Crippen LogP contribution in [0.4, 0.5) is 0 Å². The zero-order valence-electron chi connectivity index (χ0n) is 34.9. The fourth-order valence-corrected chi connectivity index (χ4v) is 10.8. The number of para-hydroxylation sites is 3. The Hall–Kier alpha value is -8.08. The first kappa shape index (κ1) is 35.7. The molecule has 13 rings (SSSR count). The van der Waals surface area contributed by atoms with Crippen LogP contribution in [-0.4, -0.2) is 19.1 Å². The Morgan fingerprint density at radius 1 is 0.413 bits per heavy atom. The zero-order valence-corrected chi connectivity index (χ0v) is 34.9. The lowest BCUT2D eigenvalue weighted by molar-refractivity contribution is 0.667. The molecule has 0 N–H and O–H groups in total. The second kappa shape index (κ2) is 13.5. The van der Waals surface area contributed by atoms with Crippen molar-refractivity contribution < 1.29 is 0 Å². The third kappa shape index (κ3) is 5.15. The molecular weight excluding hydrogens is 765 g/mol. The molecule has 0 amide bonds. The van der Waals surface area contributed by atoms with Gasteiger partial charge in [0, 0.05) is 60.6 Å². The Balaban J connectivity index is 1.10. The molecule has 0 radical (unpaired) electrons. The van der Waals surface area contributed by atoms with Gasteiger partial charge in [-0.15, -0.1) is 0 Å². The van der Waals surface area contributed by atoms with Gasteiger partial charge >= 0.3 is 0 Å². The standard InChI is InChI=1S/C59H40N4/c1-59(2)47-29-14-11-25-44(47)52-55(59)53-45-26-12-15-30-50(45)63(57(53)54-46-27-13-16-31-51(46)62(56(52)54)40-22-7-4-8-23-40)41-34-32-38(33-35-41)48-36-49(61-58(60-48)39-19-5-3-6-20-39)43-28-17-21-37-18-9-10-24-42(37)43/h3-36H,1-2H3. The van der Waals surface area contributed by atoms with Crippen LogP contribution in [0.15, 0.2) is 206 Å². The van der Waals surface area contributed by atoms with Gasteiger partial charge in [-0.1, -0.05) is 178 Å². The number of hydrogen-bond donors (Lipinski definition) is 0. The van der Waals surface area contributed by atoms with Gasteiger partial charge in [0.25, 0.3) is 0 Å². The molecular formula is C59H40N4. The van der Waals surface area contributed by atoms with Gasteiger partial charge in [0.05, 0.1) is 33.5 Å². The lowest BCUT2D eigenvalue weighted by atomic mass is 9.80. The Bertz CT molecular complexity index is 3790. The van der Waals surface area contributed by atoms with Crippen LogP contribution in [0.3, 0.4) is 0 Å². The largest absolute Gasteiger partial charge is 0.309 e. The van der Waals surface area contributed by atoms with Crippen molar-refractivity contribution in [1.29, 1.82) is 0 Å². The van der Waals surface area contributed by atoms with Crippen LogP contribution in [0.1, 0.15) is 25.0 Å². The van der Waals surface area contributed by atoms with Gasteiger partial charge in [-0.25, -0.2) is 9.97 Å². The van der Waals surface area contributed by atoms with Crippen LogP contribution in [0.2, 0.25) is 0 Å². The van der Waals surface area contributed by atoms with Crippen LogP contribution in [0.25, 0.3) is 111 Å². The topological polar surface area (TPSA) is 35.6 Å². The quantitative estimate of drug-likeness (QED) is 0.174. The number of fused-ring (bicyclic) bond motifs is 13. The highest BCUT2D eigenvalue weighted by atomic mass is 15.0. The highest BCUT2D eigenvalue weighted by Crippen LogP contribution is 2.58. The van der Waals surface area contributed by atoms with Crippen LogP contribution >= 0.6 is 0 Å². The zero-order chi connectivity index (χ0) is 41.8. The molecule has 0 saturated heterocycles. The van der Waals surface area contributed by atoms with E-state index in [-0.39, 0.29) is 5.41 Å². The molecule has 0 spiro atoms. The molecule has 1 aliphatic carbocycles. The van der Waals surface area contributed by atoms with Gasteiger partial charge in [-0.05, 0) is 69.9 Å². The maximum atomic E-state index is 5.23. The predicted octanol–water partition coefficient (Wildman–Crippen LogP) is 15.1. The molecule has 0 atom stereocenters. The summed E-state index contributed by atoms with van der Waals surface area (Å²) in [5.41, 5.74) is 17.1. The van der Waals surface area contributed by atoms with E-state index in [1.807, 2.05) is 18.2 Å². The first-order valence-corrected chi connectivity index (χ1v) is 21.8. The summed E-state index contributed by atoms with van der Waals surface area (Å²) in [4.78, 5) is 10.4. The SMILES string of the molecule is CC1(C)c2ccccc2-c2c1c1c3ccccc3n(-c3ccc(-c4cc(-c5cccc6ccccc56)nc(-c5ccccc5)n4)cc3)c1c1c3ccccc3n(-c3ccccc3)c21. The molecule has 0 unspecified atom stereocenters. The minimum atomic E-state index is -0.250. The van der Waals surface area contributed by atoms with Crippen molar-refractivity contribution >= 4 is 54.4 Å². The van der Waals surface area contributed by atoms with E-state index >= 15 is 0 Å². The Morgan fingerprint density at radius 2 is 0.968 bits per heavy atom. The summed E-state index contributed by atoms with van der Waals surface area (Å²) in [6.45, 7) is 4.83. The Morgan fingerprint density at radius 3 is 1.73 bits per heavy atom. The molecule has 9 aromatic carbocycles. The molecule has 63 heavy (non-hydrogen) atoms. The summed E-state index contributed by atoms with van der Waals surface area (Å²) in [7, 11) is 0. The summed E-state index contributed by atoms with van der Waals surface area (Å²) in [5.74, 6) is 0.706. The summed E-state index contributed by atoms with van der Waals surface area (Å²) in [6.07, 6.45) is 0. The van der Waals surface area contributed by atoms with E-state index in [0.29, 0.717) is 5.82 Å². The minimum absolute atomic E-state index is 0.250. The highest BCUT2D eigenvalue weighted by Gasteiger charge is 2.41. The van der Waals surface area contributed by atoms with Crippen molar-refractivity contribution in [2.75, 3.05) is 0 Å². The van der Waals surface area contributed by atoms with E-state index in [4.69, 9.17) is 9.97 Å². The fraction of sp³-hybridized carbons (Fsp3) is 0.0508. The first-order chi connectivity index (χ1) is 31.0. The maximum Gasteiger partial charge on any atom is 0.160 e. The second-order valence-electron chi connectivity index (χ2n) is 17.3. The Kier molecular flexibility index (Phi) is 7.62. The third-order valence-electron chi connectivity index (χ3n) is 13.5. The highest BCUT2D eigenvalue weighted by molar-refractivity contribution is 6.31. The lowest BCUT2D eigenvalue weighted by Crippen LogP contribution is -2.15. The van der Waals surface area contributed by atoms with Gasteiger partial charge in [-0.2, -0.15) is 0 Å². The molecule has 0 fully saturated rings. The molecule has 0 bridgehead atoms. The molecule has 296 valence electrons. The number of hydrogen-bond acceptors (Lipinski definition) is 2. The number of rotatable bonds is 5. The monoisotopic (exact) mass is 804 g/mol. The normalized spacial score (nSPS) is 13.0. The van der Waals surface area contributed by atoms with Gasteiger partial charge < -0.3 is 9.13 Å². The molecule has 1 aliphatic rings. The fourth-order valence-electron chi connectivity index (χ4n) is 10.8. The van der Waals surface area contributed by atoms with Crippen molar-refractivity contribution in [2.45, 2.75) is 19.3 Å². The van der Waals surface area contributed by atoms with Gasteiger partial charge in [0.15, 0.2) is 5.82 Å². The van der Waals surface area contributed by atoms with Crippen LogP contribution in [-0.2, 0) is 5.41 Å². The average Bonchev–Trinajstić information content (AvgIpc) is 3.95. The number of nitrogens with zero attached hydrogens (tertiary/aromatic N) is 4. The maximum absolute atomic E-state index is 5.23. The molecule has 0 aliphatic heterocycles. The van der Waals surface area contributed by atoms with Crippen molar-refractivity contribution in [2.24, 2.45) is 0 Å². The molecule has 3 heterocycles. The summed E-state index contributed by atoms with van der Waals surface area (Å²) >= 11 is 0. The molecule has 12 aromatic rings. The first-order valence-electron chi connectivity index (χ1n) is 21.8. The number of benzene rings is 9. The van der Waals surface area contributed by atoms with Crippen molar-refractivity contribution in [3.63, 3.8) is 0 Å². The van der Waals surface area contributed by atoms with E-state index in [1.54, 1.807) is 0 Å². The predicted molar refractivity (Wildman–Crippen MR) is 262 cm³/mol. The van der Waals surface area contributed by atoms with E-state index in [0.717, 1.165) is 39.5 Å². The van der Waals surface area contributed by atoms with Crippen molar-refractivity contribution in [3.8, 4) is 56.4 Å². The van der Waals surface area contributed by atoms with Crippen LogP contribution in [0, 0.1) is 0 Å². The summed E-state index contributed by atoms with van der Waals surface area (Å²) < 4.78 is 5.04. The summed E-state index contributed by atoms with van der Waals surface area (Å²) in [5, 5.41) is 7.43. The lowest BCUT2D eigenvalue weighted by Gasteiger charge is -2.23. The van der Waals surface area contributed by atoms with E-state index < -0.39 is 0 Å². The van der Waals surface area contributed by atoms with E-state index in [2.05, 4.69) is 211 Å². The Labute approximate surface area is 365 Å². The van der Waals surface area contributed by atoms with Crippen LogP contribution in [0.5, 0.6) is 0 Å². The van der Waals surface area contributed by atoms with E-state index in [1.165, 1.54) is 76.6 Å². The van der Waals surface area contributed by atoms with Gasteiger partial charge in [-0.3, -0.25) is 0 Å². The average molecular weight is 805 g/mol. The van der Waals surface area contributed by atoms with Gasteiger partial charge in [0.2, 0.25) is 0 Å². The van der Waals surface area contributed by atoms with E-state index in [9.17, 15) is 0 Å². The third-order valence-corrected chi connectivity index (χ3v) is 13.5. The molecule has 4 heteroatoms. The molecule has 0 saturated carbocycles. The van der Waals surface area contributed by atoms with Crippen molar-refractivity contribution in [1.82, 2.24) is 19.1 Å². The van der Waals surface area contributed by atoms with Crippen molar-refractivity contribution in [3.05, 3.63) is 217 Å². The smallest absolute Gasteiger partial charge is 0.160 e. The number of aromatic nitrogens is 4. The molecule has 4 nitrogen and oxygen atoms in total.